The molecule has 0 aliphatic rings. The standard InChI is InChI=1S/C14H19N3/c1-9-5-6-12(10(2)7-9)14-16-11(3)13(8-15)17(14)4/h5-7H,8,15H2,1-4H3. The minimum atomic E-state index is 0.528. The molecule has 1 aromatic heterocycles. The molecule has 3 nitrogen and oxygen atoms in total. The molecular weight excluding hydrogens is 210 g/mol. The number of nitrogens with zero attached hydrogens (tertiary/aromatic N) is 2. The second-order valence-corrected chi connectivity index (χ2v) is 4.55. The summed E-state index contributed by atoms with van der Waals surface area (Å²) in [6.45, 7) is 6.76. The van der Waals surface area contributed by atoms with Gasteiger partial charge >= 0.3 is 0 Å². The first-order valence-corrected chi connectivity index (χ1v) is 5.84. The van der Waals surface area contributed by atoms with Crippen molar-refractivity contribution in [1.29, 1.82) is 0 Å². The van der Waals surface area contributed by atoms with Crippen LogP contribution in [0.25, 0.3) is 11.4 Å². The summed E-state index contributed by atoms with van der Waals surface area (Å²) in [7, 11) is 2.02. The molecule has 2 rings (SSSR count). The fourth-order valence-corrected chi connectivity index (χ4v) is 2.26. The molecule has 0 unspecified atom stereocenters. The van der Waals surface area contributed by atoms with Crippen LogP contribution in [0.15, 0.2) is 18.2 Å². The minimum absolute atomic E-state index is 0.528. The van der Waals surface area contributed by atoms with Gasteiger partial charge in [-0.1, -0.05) is 23.8 Å². The average molecular weight is 229 g/mol. The number of benzene rings is 1. The lowest BCUT2D eigenvalue weighted by molar-refractivity contribution is 0.822. The number of imidazole rings is 1. The Balaban J connectivity index is 2.61. The number of nitrogens with two attached hydrogens (primary N) is 1. The quantitative estimate of drug-likeness (QED) is 0.859. The predicted octanol–water partition coefficient (Wildman–Crippen LogP) is 2.47. The molecule has 0 atom stereocenters. The molecule has 0 saturated carbocycles. The third-order valence-corrected chi connectivity index (χ3v) is 3.23. The molecule has 0 aliphatic carbocycles. The molecule has 2 aromatic rings. The third-order valence-electron chi connectivity index (χ3n) is 3.23. The van der Waals surface area contributed by atoms with Crippen LogP contribution in [0, 0.1) is 20.8 Å². The molecule has 0 fully saturated rings. The highest BCUT2D eigenvalue weighted by Gasteiger charge is 2.13. The van der Waals surface area contributed by atoms with Gasteiger partial charge in [-0.05, 0) is 26.3 Å². The van der Waals surface area contributed by atoms with E-state index in [2.05, 4.69) is 41.6 Å². The van der Waals surface area contributed by atoms with Crippen molar-refractivity contribution >= 4 is 0 Å². The molecule has 0 radical (unpaired) electrons. The summed E-state index contributed by atoms with van der Waals surface area (Å²) in [6.07, 6.45) is 0. The Kier molecular flexibility index (Phi) is 3.03. The summed E-state index contributed by atoms with van der Waals surface area (Å²) in [6, 6.07) is 6.43. The number of hydrogen-bond acceptors (Lipinski definition) is 2. The Bertz CT molecular complexity index is 553. The summed E-state index contributed by atoms with van der Waals surface area (Å²) in [5, 5.41) is 0. The zero-order valence-corrected chi connectivity index (χ0v) is 10.9. The highest BCUT2D eigenvalue weighted by Crippen LogP contribution is 2.25. The van der Waals surface area contributed by atoms with Gasteiger partial charge in [0.1, 0.15) is 5.82 Å². The molecule has 0 saturated heterocycles. The first kappa shape index (κ1) is 11.9. The van der Waals surface area contributed by atoms with Crippen molar-refractivity contribution in [2.75, 3.05) is 0 Å². The molecule has 0 bridgehead atoms. The molecular formula is C14H19N3. The molecule has 17 heavy (non-hydrogen) atoms. The monoisotopic (exact) mass is 229 g/mol. The van der Waals surface area contributed by atoms with Crippen molar-refractivity contribution in [3.05, 3.63) is 40.7 Å². The lowest BCUT2D eigenvalue weighted by Gasteiger charge is -2.08. The highest BCUT2D eigenvalue weighted by atomic mass is 15.1. The van der Waals surface area contributed by atoms with Gasteiger partial charge in [-0.25, -0.2) is 4.98 Å². The van der Waals surface area contributed by atoms with Crippen LogP contribution in [0.1, 0.15) is 22.5 Å². The van der Waals surface area contributed by atoms with Gasteiger partial charge in [0.25, 0.3) is 0 Å². The topological polar surface area (TPSA) is 43.8 Å². The van der Waals surface area contributed by atoms with E-state index in [1.807, 2.05) is 14.0 Å². The second-order valence-electron chi connectivity index (χ2n) is 4.55. The van der Waals surface area contributed by atoms with Crippen LogP contribution >= 0.6 is 0 Å². The van der Waals surface area contributed by atoms with Crippen LogP contribution < -0.4 is 5.73 Å². The molecule has 1 heterocycles. The Morgan fingerprint density at radius 2 is 1.94 bits per heavy atom. The zero-order valence-electron chi connectivity index (χ0n) is 10.9. The predicted molar refractivity (Wildman–Crippen MR) is 70.7 cm³/mol. The van der Waals surface area contributed by atoms with Gasteiger partial charge in [-0.2, -0.15) is 0 Å². The maximum atomic E-state index is 5.74. The molecule has 0 amide bonds. The van der Waals surface area contributed by atoms with Gasteiger partial charge in [0.15, 0.2) is 0 Å². The number of hydrogen-bond donors (Lipinski definition) is 1. The van der Waals surface area contributed by atoms with Crippen molar-refractivity contribution in [1.82, 2.24) is 9.55 Å². The zero-order chi connectivity index (χ0) is 12.6. The van der Waals surface area contributed by atoms with Crippen molar-refractivity contribution in [2.45, 2.75) is 27.3 Å². The second kappa shape index (κ2) is 4.34. The first-order valence-electron chi connectivity index (χ1n) is 5.84. The number of aromatic nitrogens is 2. The van der Waals surface area contributed by atoms with Crippen LogP contribution in [0.4, 0.5) is 0 Å². The van der Waals surface area contributed by atoms with E-state index in [9.17, 15) is 0 Å². The van der Waals surface area contributed by atoms with Gasteiger partial charge < -0.3 is 10.3 Å². The number of aryl methyl sites for hydroxylation is 3. The maximum absolute atomic E-state index is 5.74. The van der Waals surface area contributed by atoms with Crippen LogP contribution in [-0.2, 0) is 13.6 Å². The minimum Gasteiger partial charge on any atom is -0.330 e. The van der Waals surface area contributed by atoms with Crippen LogP contribution in [0.3, 0.4) is 0 Å². The van der Waals surface area contributed by atoms with Crippen LogP contribution in [-0.4, -0.2) is 9.55 Å². The Labute approximate surface area is 102 Å². The van der Waals surface area contributed by atoms with Crippen LogP contribution in [0.2, 0.25) is 0 Å². The van der Waals surface area contributed by atoms with Crippen LogP contribution in [0.5, 0.6) is 0 Å². The summed E-state index contributed by atoms with van der Waals surface area (Å²) < 4.78 is 2.09. The van der Waals surface area contributed by atoms with Gasteiger partial charge in [0.2, 0.25) is 0 Å². The Morgan fingerprint density at radius 1 is 1.24 bits per heavy atom. The van der Waals surface area contributed by atoms with E-state index in [4.69, 9.17) is 5.73 Å². The largest absolute Gasteiger partial charge is 0.330 e. The lowest BCUT2D eigenvalue weighted by Crippen LogP contribution is -2.05. The summed E-state index contributed by atoms with van der Waals surface area (Å²) in [5.74, 6) is 1.00. The van der Waals surface area contributed by atoms with E-state index in [-0.39, 0.29) is 0 Å². The molecule has 0 aliphatic heterocycles. The average Bonchev–Trinajstić information content (AvgIpc) is 2.54. The first-order chi connectivity index (χ1) is 8.04. The maximum Gasteiger partial charge on any atom is 0.140 e. The Hall–Kier alpha value is -1.61. The molecule has 0 spiro atoms. The fourth-order valence-electron chi connectivity index (χ4n) is 2.26. The van der Waals surface area contributed by atoms with Gasteiger partial charge in [0.05, 0.1) is 11.4 Å². The van der Waals surface area contributed by atoms with E-state index in [0.29, 0.717) is 6.54 Å². The van der Waals surface area contributed by atoms with Crippen molar-refractivity contribution in [3.63, 3.8) is 0 Å². The van der Waals surface area contributed by atoms with Crippen molar-refractivity contribution in [3.8, 4) is 11.4 Å². The van der Waals surface area contributed by atoms with E-state index in [1.54, 1.807) is 0 Å². The summed E-state index contributed by atoms with van der Waals surface area (Å²) >= 11 is 0. The smallest absolute Gasteiger partial charge is 0.140 e. The third kappa shape index (κ3) is 1.98. The lowest BCUT2D eigenvalue weighted by atomic mass is 10.1. The van der Waals surface area contributed by atoms with E-state index < -0.39 is 0 Å². The fraction of sp³-hybridized carbons (Fsp3) is 0.357. The number of rotatable bonds is 2. The summed E-state index contributed by atoms with van der Waals surface area (Å²) in [4.78, 5) is 4.62. The molecule has 1 aromatic carbocycles. The van der Waals surface area contributed by atoms with E-state index in [0.717, 1.165) is 17.2 Å². The Morgan fingerprint density at radius 3 is 2.47 bits per heavy atom. The normalized spacial score (nSPS) is 10.9. The van der Waals surface area contributed by atoms with Gasteiger partial charge in [-0.3, -0.25) is 0 Å². The summed E-state index contributed by atoms with van der Waals surface area (Å²) in [5.41, 5.74) is 11.6. The van der Waals surface area contributed by atoms with E-state index >= 15 is 0 Å². The molecule has 3 heteroatoms. The van der Waals surface area contributed by atoms with E-state index in [1.165, 1.54) is 16.7 Å². The van der Waals surface area contributed by atoms with Crippen molar-refractivity contribution < 1.29 is 0 Å². The molecule has 2 N–H and O–H groups in total. The molecule has 90 valence electrons. The SMILES string of the molecule is Cc1ccc(-c2nc(C)c(CN)n2C)c(C)c1. The van der Waals surface area contributed by atoms with Gasteiger partial charge in [-0.15, -0.1) is 0 Å². The highest BCUT2D eigenvalue weighted by molar-refractivity contribution is 5.62. The van der Waals surface area contributed by atoms with Gasteiger partial charge in [0, 0.05) is 19.2 Å². The van der Waals surface area contributed by atoms with Crippen molar-refractivity contribution in [2.24, 2.45) is 12.8 Å².